The highest BCUT2D eigenvalue weighted by molar-refractivity contribution is 7.99. The predicted octanol–water partition coefficient (Wildman–Crippen LogP) is 4.39. The van der Waals surface area contributed by atoms with Crippen LogP contribution in [0, 0.1) is 0 Å². The molecule has 0 aliphatic heterocycles. The molecular formula is C16H13NOS. The van der Waals surface area contributed by atoms with E-state index in [1.807, 2.05) is 24.4 Å². The fraction of sp³-hybridized carbons (Fsp3) is 0.0625. The third kappa shape index (κ3) is 2.71. The Balaban J connectivity index is 1.87. The van der Waals surface area contributed by atoms with Crippen LogP contribution in [0.3, 0.4) is 0 Å². The average molecular weight is 267 g/mol. The van der Waals surface area contributed by atoms with E-state index >= 15 is 0 Å². The number of methoxy groups -OCH3 is 1. The lowest BCUT2D eigenvalue weighted by atomic mass is 10.2. The van der Waals surface area contributed by atoms with Crippen LogP contribution in [0.15, 0.2) is 70.6 Å². The summed E-state index contributed by atoms with van der Waals surface area (Å²) >= 11 is 1.74. The van der Waals surface area contributed by atoms with Gasteiger partial charge in [0.2, 0.25) is 0 Å². The SMILES string of the molecule is COc1ccc(Sc2ccc3ncccc3c2)cc1. The number of rotatable bonds is 3. The molecule has 0 aliphatic rings. The monoisotopic (exact) mass is 267 g/mol. The molecule has 0 bridgehead atoms. The predicted molar refractivity (Wildman–Crippen MR) is 78.9 cm³/mol. The van der Waals surface area contributed by atoms with Crippen LogP contribution in [0.1, 0.15) is 0 Å². The van der Waals surface area contributed by atoms with Crippen LogP contribution in [-0.4, -0.2) is 12.1 Å². The Morgan fingerprint density at radius 2 is 1.74 bits per heavy atom. The van der Waals surface area contributed by atoms with E-state index in [1.165, 1.54) is 15.2 Å². The maximum absolute atomic E-state index is 5.16. The first-order valence-corrected chi connectivity index (χ1v) is 6.83. The Morgan fingerprint density at radius 3 is 2.53 bits per heavy atom. The summed E-state index contributed by atoms with van der Waals surface area (Å²) in [6, 6.07) is 18.5. The van der Waals surface area contributed by atoms with Crippen molar-refractivity contribution in [3.63, 3.8) is 0 Å². The van der Waals surface area contributed by atoms with E-state index in [2.05, 4.69) is 41.4 Å². The second-order valence-corrected chi connectivity index (χ2v) is 5.28. The zero-order chi connectivity index (χ0) is 13.1. The van der Waals surface area contributed by atoms with Gasteiger partial charge in [-0.2, -0.15) is 0 Å². The second-order valence-electron chi connectivity index (χ2n) is 4.14. The normalized spacial score (nSPS) is 10.6. The third-order valence-corrected chi connectivity index (χ3v) is 3.87. The van der Waals surface area contributed by atoms with Crippen molar-refractivity contribution in [2.24, 2.45) is 0 Å². The highest BCUT2D eigenvalue weighted by Gasteiger charge is 2.00. The van der Waals surface area contributed by atoms with Crippen molar-refractivity contribution in [3.8, 4) is 5.75 Å². The molecule has 0 spiro atoms. The Labute approximate surface area is 116 Å². The van der Waals surface area contributed by atoms with Crippen molar-refractivity contribution in [1.29, 1.82) is 0 Å². The molecule has 94 valence electrons. The van der Waals surface area contributed by atoms with E-state index in [0.717, 1.165) is 11.3 Å². The maximum atomic E-state index is 5.16. The number of ether oxygens (including phenoxy) is 1. The molecule has 0 saturated carbocycles. The molecule has 2 aromatic carbocycles. The molecule has 19 heavy (non-hydrogen) atoms. The standard InChI is InChI=1S/C16H13NOS/c1-18-13-4-6-14(7-5-13)19-15-8-9-16-12(11-15)3-2-10-17-16/h2-11H,1H3. The van der Waals surface area contributed by atoms with Crippen molar-refractivity contribution in [2.45, 2.75) is 9.79 Å². The van der Waals surface area contributed by atoms with Gasteiger partial charge in [0, 0.05) is 21.4 Å². The minimum Gasteiger partial charge on any atom is -0.497 e. The smallest absolute Gasteiger partial charge is 0.118 e. The zero-order valence-electron chi connectivity index (χ0n) is 10.5. The molecule has 0 N–H and O–H groups in total. The summed E-state index contributed by atoms with van der Waals surface area (Å²) in [6.07, 6.45) is 1.82. The van der Waals surface area contributed by atoms with Gasteiger partial charge in [0.1, 0.15) is 5.75 Å². The van der Waals surface area contributed by atoms with Crippen LogP contribution in [0.4, 0.5) is 0 Å². The highest BCUT2D eigenvalue weighted by atomic mass is 32.2. The lowest BCUT2D eigenvalue weighted by molar-refractivity contribution is 0.414. The fourth-order valence-corrected chi connectivity index (χ4v) is 2.76. The second kappa shape index (κ2) is 5.33. The van der Waals surface area contributed by atoms with E-state index in [9.17, 15) is 0 Å². The first kappa shape index (κ1) is 12.1. The van der Waals surface area contributed by atoms with Gasteiger partial charge in [-0.25, -0.2) is 0 Å². The summed E-state index contributed by atoms with van der Waals surface area (Å²) in [7, 11) is 1.68. The Kier molecular flexibility index (Phi) is 3.38. The van der Waals surface area contributed by atoms with Gasteiger partial charge in [0.15, 0.2) is 0 Å². The molecule has 3 heteroatoms. The maximum Gasteiger partial charge on any atom is 0.118 e. The quantitative estimate of drug-likeness (QED) is 0.702. The molecule has 3 rings (SSSR count). The summed E-state index contributed by atoms with van der Waals surface area (Å²) in [5.41, 5.74) is 1.03. The summed E-state index contributed by atoms with van der Waals surface area (Å²) in [4.78, 5) is 6.74. The van der Waals surface area contributed by atoms with Crippen LogP contribution in [0.25, 0.3) is 10.9 Å². The molecule has 0 aliphatic carbocycles. The molecule has 0 atom stereocenters. The van der Waals surface area contributed by atoms with Crippen molar-refractivity contribution in [1.82, 2.24) is 4.98 Å². The van der Waals surface area contributed by atoms with Crippen LogP contribution >= 0.6 is 11.8 Å². The van der Waals surface area contributed by atoms with Gasteiger partial charge < -0.3 is 4.74 Å². The molecule has 1 aromatic heterocycles. The molecule has 0 unspecified atom stereocenters. The highest BCUT2D eigenvalue weighted by Crippen LogP contribution is 2.30. The van der Waals surface area contributed by atoms with E-state index in [0.29, 0.717) is 0 Å². The Hall–Kier alpha value is -2.00. The minimum absolute atomic E-state index is 0.882. The van der Waals surface area contributed by atoms with Crippen molar-refractivity contribution < 1.29 is 4.74 Å². The van der Waals surface area contributed by atoms with Gasteiger partial charge in [-0.05, 0) is 48.5 Å². The first-order valence-electron chi connectivity index (χ1n) is 6.02. The molecule has 0 fully saturated rings. The molecule has 0 radical (unpaired) electrons. The molecule has 2 nitrogen and oxygen atoms in total. The van der Waals surface area contributed by atoms with Crippen LogP contribution in [0.5, 0.6) is 5.75 Å². The number of benzene rings is 2. The lowest BCUT2D eigenvalue weighted by Gasteiger charge is -2.04. The number of hydrogen-bond acceptors (Lipinski definition) is 3. The topological polar surface area (TPSA) is 22.1 Å². The first-order chi connectivity index (χ1) is 9.35. The molecule has 3 aromatic rings. The number of aromatic nitrogens is 1. The third-order valence-electron chi connectivity index (χ3n) is 2.87. The largest absolute Gasteiger partial charge is 0.497 e. The van der Waals surface area contributed by atoms with Gasteiger partial charge in [0.05, 0.1) is 12.6 Å². The summed E-state index contributed by atoms with van der Waals surface area (Å²) in [6.45, 7) is 0. The van der Waals surface area contributed by atoms with E-state index < -0.39 is 0 Å². The Bertz CT molecular complexity index is 694. The van der Waals surface area contributed by atoms with E-state index in [4.69, 9.17) is 4.74 Å². The zero-order valence-corrected chi connectivity index (χ0v) is 11.4. The van der Waals surface area contributed by atoms with Gasteiger partial charge in [-0.1, -0.05) is 17.8 Å². The minimum atomic E-state index is 0.882. The summed E-state index contributed by atoms with van der Waals surface area (Å²) in [5.74, 6) is 0.882. The summed E-state index contributed by atoms with van der Waals surface area (Å²) < 4.78 is 5.16. The van der Waals surface area contributed by atoms with Crippen molar-refractivity contribution in [2.75, 3.05) is 7.11 Å². The average Bonchev–Trinajstić information content (AvgIpc) is 2.48. The molecule has 0 saturated heterocycles. The number of fused-ring (bicyclic) bond motifs is 1. The van der Waals surface area contributed by atoms with Gasteiger partial charge in [0.25, 0.3) is 0 Å². The molecule has 0 amide bonds. The van der Waals surface area contributed by atoms with E-state index in [-0.39, 0.29) is 0 Å². The van der Waals surface area contributed by atoms with Gasteiger partial charge in [-0.3, -0.25) is 4.98 Å². The van der Waals surface area contributed by atoms with Gasteiger partial charge >= 0.3 is 0 Å². The lowest BCUT2D eigenvalue weighted by Crippen LogP contribution is -1.82. The molecular weight excluding hydrogens is 254 g/mol. The Morgan fingerprint density at radius 1 is 0.947 bits per heavy atom. The number of hydrogen-bond donors (Lipinski definition) is 0. The summed E-state index contributed by atoms with van der Waals surface area (Å²) in [5, 5.41) is 1.17. The molecule has 1 heterocycles. The van der Waals surface area contributed by atoms with Crippen LogP contribution in [0.2, 0.25) is 0 Å². The fourth-order valence-electron chi connectivity index (χ4n) is 1.90. The van der Waals surface area contributed by atoms with Crippen LogP contribution in [-0.2, 0) is 0 Å². The van der Waals surface area contributed by atoms with Crippen LogP contribution < -0.4 is 4.74 Å². The van der Waals surface area contributed by atoms with Crippen molar-refractivity contribution >= 4 is 22.7 Å². The number of pyridine rings is 1. The van der Waals surface area contributed by atoms with E-state index in [1.54, 1.807) is 18.9 Å². The van der Waals surface area contributed by atoms with Gasteiger partial charge in [-0.15, -0.1) is 0 Å². The van der Waals surface area contributed by atoms with Crippen molar-refractivity contribution in [3.05, 3.63) is 60.8 Å². The number of nitrogens with zero attached hydrogens (tertiary/aromatic N) is 1.